The van der Waals surface area contributed by atoms with E-state index >= 15 is 0 Å². The number of carbonyl (C=O) groups excluding carboxylic acids is 2. The van der Waals surface area contributed by atoms with Crippen LogP contribution in [0.1, 0.15) is 44.7 Å². The van der Waals surface area contributed by atoms with Gasteiger partial charge in [0.05, 0.1) is 18.7 Å². The van der Waals surface area contributed by atoms with Gasteiger partial charge in [-0.3, -0.25) is 4.98 Å². The first-order chi connectivity index (χ1) is 11.8. The predicted octanol–water partition coefficient (Wildman–Crippen LogP) is 2.99. The van der Waals surface area contributed by atoms with Gasteiger partial charge in [0, 0.05) is 30.8 Å². The molecule has 1 aliphatic rings. The number of aromatic nitrogens is 1. The summed E-state index contributed by atoms with van der Waals surface area (Å²) in [6.45, 7) is 4.85. The Bertz CT molecular complexity index is 690. The van der Waals surface area contributed by atoms with Crippen molar-refractivity contribution in [3.63, 3.8) is 0 Å². The number of imide groups is 1. The first-order valence-corrected chi connectivity index (χ1v) is 8.13. The maximum absolute atomic E-state index is 12.9. The summed E-state index contributed by atoms with van der Waals surface area (Å²) in [5, 5.41) is 10.8. The average Bonchev–Trinajstić information content (AvgIpc) is 2.53. The van der Waals surface area contributed by atoms with Crippen molar-refractivity contribution in [1.29, 1.82) is 0 Å². The molecule has 1 N–H and O–H groups in total. The van der Waals surface area contributed by atoms with Crippen LogP contribution in [-0.2, 0) is 21.3 Å². The Labute approximate surface area is 149 Å². The third-order valence-electron chi connectivity index (χ3n) is 4.41. The molecule has 0 aromatic carbocycles. The summed E-state index contributed by atoms with van der Waals surface area (Å²) in [6.07, 6.45) is -3.16. The first kappa shape index (κ1) is 20.3. The lowest BCUT2D eigenvalue weighted by Gasteiger charge is -2.40. The fraction of sp³-hybridized carbons (Fsp3) is 0.588. The van der Waals surface area contributed by atoms with Crippen molar-refractivity contribution in [3.05, 3.63) is 29.6 Å². The van der Waals surface area contributed by atoms with Crippen molar-refractivity contribution in [2.75, 3.05) is 13.1 Å². The number of rotatable bonds is 2. The summed E-state index contributed by atoms with van der Waals surface area (Å²) < 4.78 is 43.2. The van der Waals surface area contributed by atoms with Crippen LogP contribution in [0, 0.1) is 0 Å². The highest BCUT2D eigenvalue weighted by Gasteiger charge is 2.50. The van der Waals surface area contributed by atoms with E-state index in [0.29, 0.717) is 12.6 Å². The summed E-state index contributed by atoms with van der Waals surface area (Å²) in [5.74, 6) is 0. The van der Waals surface area contributed by atoms with Gasteiger partial charge in [0.1, 0.15) is 11.2 Å². The molecule has 6 nitrogen and oxygen atoms in total. The molecule has 1 fully saturated rings. The van der Waals surface area contributed by atoms with E-state index in [9.17, 15) is 27.9 Å². The van der Waals surface area contributed by atoms with Gasteiger partial charge >= 0.3 is 18.7 Å². The normalized spacial score (nSPS) is 27.0. The minimum Gasteiger partial charge on any atom is -0.414 e. The van der Waals surface area contributed by atoms with Gasteiger partial charge in [0.25, 0.3) is 0 Å². The zero-order valence-corrected chi connectivity index (χ0v) is 14.8. The Balaban J connectivity index is 2.22. The molecule has 0 unspecified atom stereocenters. The molecule has 1 aliphatic heterocycles. The molecule has 0 bridgehead atoms. The van der Waals surface area contributed by atoms with Crippen molar-refractivity contribution < 1.29 is 37.1 Å². The van der Waals surface area contributed by atoms with Crippen LogP contribution >= 0.6 is 0 Å². The monoisotopic (exact) mass is 375 g/mol. The number of ether oxygens (including phenoxy) is 1. The second-order valence-corrected chi connectivity index (χ2v) is 7.56. The second kappa shape index (κ2) is 6.62. The zero-order valence-electron chi connectivity index (χ0n) is 14.8. The maximum Gasteiger partial charge on any atom is 0.523 e. The van der Waals surface area contributed by atoms with Crippen molar-refractivity contribution in [3.8, 4) is 0 Å². The van der Waals surface area contributed by atoms with Crippen LogP contribution in [0.15, 0.2) is 18.5 Å². The van der Waals surface area contributed by atoms with Crippen LogP contribution in [0.4, 0.5) is 18.0 Å². The standard InChI is InChI=1S/C17H22F3N2O4/c1-15(2,3)26-14(24)22(11-23)6-4-16(25,5-7-22)12-8-13(10-21-9-12)17(18,19)20/h8-11,25H,4-7H2,1-3H3/q+1. The molecule has 0 spiro atoms. The SMILES string of the molecule is CC(C)(C)OC(=O)[N+]1(C=O)CCC(O)(c2cncc(C(F)(F)F)c2)CC1. The molecule has 2 amide bonds. The van der Waals surface area contributed by atoms with E-state index in [1.807, 2.05) is 0 Å². The highest BCUT2D eigenvalue weighted by Crippen LogP contribution is 2.38. The van der Waals surface area contributed by atoms with Gasteiger partial charge in [-0.05, 0) is 26.8 Å². The first-order valence-electron chi connectivity index (χ1n) is 8.13. The van der Waals surface area contributed by atoms with E-state index in [4.69, 9.17) is 4.74 Å². The Morgan fingerprint density at radius 2 is 1.85 bits per heavy atom. The smallest absolute Gasteiger partial charge is 0.414 e. The lowest BCUT2D eigenvalue weighted by Crippen LogP contribution is -2.60. The zero-order chi connectivity index (χ0) is 19.8. The van der Waals surface area contributed by atoms with Crippen LogP contribution in [0.2, 0.25) is 0 Å². The van der Waals surface area contributed by atoms with Gasteiger partial charge in [0.2, 0.25) is 0 Å². The maximum atomic E-state index is 12.9. The molecule has 144 valence electrons. The number of hydrogen-bond donors (Lipinski definition) is 1. The predicted molar refractivity (Wildman–Crippen MR) is 84.7 cm³/mol. The molecule has 0 aliphatic carbocycles. The van der Waals surface area contributed by atoms with E-state index in [0.717, 1.165) is 6.07 Å². The van der Waals surface area contributed by atoms with Crippen LogP contribution < -0.4 is 0 Å². The van der Waals surface area contributed by atoms with E-state index in [1.165, 1.54) is 6.20 Å². The topological polar surface area (TPSA) is 76.5 Å². The lowest BCUT2D eigenvalue weighted by atomic mass is 9.84. The fourth-order valence-corrected chi connectivity index (χ4v) is 2.83. The Hall–Kier alpha value is -2.00. The number of alkyl halides is 3. The summed E-state index contributed by atoms with van der Waals surface area (Å²) in [5.41, 5.74) is -3.33. The number of aliphatic hydroxyl groups is 1. The average molecular weight is 375 g/mol. The van der Waals surface area contributed by atoms with E-state index in [-0.39, 0.29) is 31.5 Å². The highest BCUT2D eigenvalue weighted by molar-refractivity contribution is 5.69. The quantitative estimate of drug-likeness (QED) is 0.635. The van der Waals surface area contributed by atoms with Gasteiger partial charge in [-0.1, -0.05) is 0 Å². The van der Waals surface area contributed by atoms with Crippen molar-refractivity contribution in [2.45, 2.75) is 51.0 Å². The number of piperidine rings is 1. The summed E-state index contributed by atoms with van der Waals surface area (Å²) in [6, 6.07) is 0.849. The van der Waals surface area contributed by atoms with Crippen molar-refractivity contribution in [2.24, 2.45) is 0 Å². The van der Waals surface area contributed by atoms with Gasteiger partial charge < -0.3 is 9.84 Å². The molecule has 0 radical (unpaired) electrons. The van der Waals surface area contributed by atoms with Gasteiger partial charge in [-0.25, -0.2) is 4.79 Å². The molecule has 2 heterocycles. The third kappa shape index (κ3) is 4.21. The highest BCUT2D eigenvalue weighted by atomic mass is 19.4. The molecule has 26 heavy (non-hydrogen) atoms. The molecule has 2 rings (SSSR count). The van der Waals surface area contributed by atoms with Gasteiger partial charge in [0.15, 0.2) is 0 Å². The van der Waals surface area contributed by atoms with E-state index in [1.54, 1.807) is 20.8 Å². The van der Waals surface area contributed by atoms with Crippen LogP contribution in [0.5, 0.6) is 0 Å². The number of hydrogen-bond acceptors (Lipinski definition) is 5. The Kier molecular flexibility index (Phi) is 5.17. The molecule has 9 heteroatoms. The number of carbonyl (C=O) groups is 2. The fourth-order valence-electron chi connectivity index (χ4n) is 2.83. The summed E-state index contributed by atoms with van der Waals surface area (Å²) >= 11 is 0. The van der Waals surface area contributed by atoms with E-state index in [2.05, 4.69) is 4.98 Å². The number of nitrogens with zero attached hydrogens (tertiary/aromatic N) is 2. The Morgan fingerprint density at radius 1 is 1.27 bits per heavy atom. The third-order valence-corrected chi connectivity index (χ3v) is 4.41. The van der Waals surface area contributed by atoms with Crippen LogP contribution in [-0.4, -0.2) is 45.8 Å². The van der Waals surface area contributed by atoms with Crippen LogP contribution in [0.25, 0.3) is 0 Å². The summed E-state index contributed by atoms with van der Waals surface area (Å²) in [7, 11) is 0. The molecule has 1 saturated heterocycles. The number of pyridine rings is 1. The molecule has 0 saturated carbocycles. The minimum absolute atomic E-state index is 0.0141. The second-order valence-electron chi connectivity index (χ2n) is 7.56. The van der Waals surface area contributed by atoms with Crippen molar-refractivity contribution >= 4 is 12.5 Å². The van der Waals surface area contributed by atoms with Gasteiger partial charge in [-0.15, -0.1) is 0 Å². The summed E-state index contributed by atoms with van der Waals surface area (Å²) in [4.78, 5) is 27.5. The molecule has 0 atom stereocenters. The number of quaternary nitrogens is 1. The molecule has 1 aromatic heterocycles. The van der Waals surface area contributed by atoms with Crippen molar-refractivity contribution in [1.82, 2.24) is 4.98 Å². The molecule has 1 aromatic rings. The molecular formula is C17H22F3N2O4+. The Morgan fingerprint density at radius 3 is 2.31 bits per heavy atom. The minimum atomic E-state index is -4.58. The van der Waals surface area contributed by atoms with E-state index < -0.39 is 33.5 Å². The van der Waals surface area contributed by atoms with Crippen LogP contribution in [0.3, 0.4) is 0 Å². The molecular weight excluding hydrogens is 353 g/mol. The number of halogens is 3. The largest absolute Gasteiger partial charge is 0.523 e. The van der Waals surface area contributed by atoms with Gasteiger partial charge in [-0.2, -0.15) is 22.4 Å². The number of amides is 2. The lowest BCUT2D eigenvalue weighted by molar-refractivity contribution is -0.784. The number of likely N-dealkylation sites (tertiary alicyclic amines) is 1.